The zero-order valence-corrected chi connectivity index (χ0v) is 42.4. The van der Waals surface area contributed by atoms with Crippen molar-refractivity contribution in [1.29, 1.82) is 0 Å². The van der Waals surface area contributed by atoms with Crippen LogP contribution in [-0.4, -0.2) is 137 Å². The highest BCUT2D eigenvalue weighted by Crippen LogP contribution is 2.35. The molecule has 0 saturated carbocycles. The van der Waals surface area contributed by atoms with Crippen molar-refractivity contribution in [3.05, 3.63) is 109 Å². The van der Waals surface area contributed by atoms with Crippen molar-refractivity contribution in [1.82, 2.24) is 60.8 Å². The summed E-state index contributed by atoms with van der Waals surface area (Å²) in [7, 11) is 0. The van der Waals surface area contributed by atoms with Crippen molar-refractivity contribution in [3.63, 3.8) is 0 Å². The van der Waals surface area contributed by atoms with Crippen molar-refractivity contribution in [3.8, 4) is 103 Å². The smallest absolute Gasteiger partial charge is 0.306 e. The van der Waals surface area contributed by atoms with Crippen LogP contribution in [0.4, 0.5) is 0 Å². The average molecular weight is 1100 g/mol. The molecule has 3 fully saturated rings. The average Bonchev–Trinajstić information content (AvgIpc) is 4.00. The zero-order chi connectivity index (χ0) is 54.7. The molecule has 6 aromatic heterocycles. The summed E-state index contributed by atoms with van der Waals surface area (Å²) in [5.41, 5.74) is 4.86. The molecule has 9 heterocycles. The Balaban J connectivity index is 0.759. The fourth-order valence-electron chi connectivity index (χ4n) is 8.18. The predicted molar refractivity (Wildman–Crippen MR) is 270 cm³/mol. The van der Waals surface area contributed by atoms with Gasteiger partial charge in [-0.1, -0.05) is 85.5 Å². The summed E-state index contributed by atoms with van der Waals surface area (Å²) in [6.45, 7) is 2.40. The van der Waals surface area contributed by atoms with Crippen LogP contribution in [0.15, 0.2) is 118 Å². The number of aryl methyl sites for hydroxylation is 3. The van der Waals surface area contributed by atoms with E-state index in [1.54, 1.807) is 91.0 Å². The first-order chi connectivity index (χ1) is 39.7. The van der Waals surface area contributed by atoms with E-state index < -0.39 is 0 Å². The summed E-state index contributed by atoms with van der Waals surface area (Å²) in [4.78, 5) is 64.4. The molecule has 10 aromatic rings. The second kappa shape index (κ2) is 22.4. The van der Waals surface area contributed by atoms with Crippen LogP contribution in [0, 0.1) is 0 Å². The van der Waals surface area contributed by atoms with Crippen molar-refractivity contribution >= 4 is 17.9 Å². The van der Waals surface area contributed by atoms with E-state index in [1.165, 1.54) is 0 Å². The molecule has 0 radical (unpaired) electrons. The summed E-state index contributed by atoms with van der Waals surface area (Å²) in [6, 6.07) is 26.8. The molecular weight excluding hydrogens is 1060 g/mol. The molecule has 81 heavy (non-hydrogen) atoms. The third kappa shape index (κ3) is 12.2. The first-order valence-electron chi connectivity index (χ1n) is 25.5. The summed E-state index contributed by atoms with van der Waals surface area (Å²) < 4.78 is 65.0. The molecule has 3 saturated heterocycles. The van der Waals surface area contributed by atoms with Gasteiger partial charge in [-0.25, -0.2) is 0 Å². The maximum absolute atomic E-state index is 12.3. The molecule has 27 heteroatoms. The molecule has 0 amide bonds. The third-order valence-corrected chi connectivity index (χ3v) is 12.7. The molecule has 3 aliphatic heterocycles. The highest BCUT2D eigenvalue weighted by molar-refractivity contribution is 5.77. The van der Waals surface area contributed by atoms with E-state index in [-0.39, 0.29) is 141 Å². The molecule has 27 nitrogen and oxygen atoms in total. The first-order valence-corrected chi connectivity index (χ1v) is 25.5. The van der Waals surface area contributed by atoms with Gasteiger partial charge < -0.3 is 55.6 Å². The number of epoxide rings is 2. The second-order valence-electron chi connectivity index (χ2n) is 18.8. The SMILES string of the molecule is O=C(CCc1nc(-c2cccc(-c3noc(-c4cc(-c5nc(-c6cccc(-c7noc(CCC(=O)OCC8CO8)n7)c6)no5)cc(-c5nc(-c6cccc(-c7noc(CCC(=O)OC8COC8)n7)c6)no5)c4)n3)c2)no1)OCC1CO1. The van der Waals surface area contributed by atoms with Crippen LogP contribution in [0.1, 0.15) is 36.9 Å². The number of carbonyl (C=O) groups excluding carboxylic acids is 3. The van der Waals surface area contributed by atoms with Crippen molar-refractivity contribution in [2.24, 2.45) is 0 Å². The van der Waals surface area contributed by atoms with Gasteiger partial charge in [-0.15, -0.1) is 0 Å². The van der Waals surface area contributed by atoms with Gasteiger partial charge in [-0.3, -0.25) is 14.4 Å². The molecule has 13 rings (SSSR count). The van der Waals surface area contributed by atoms with Crippen LogP contribution in [-0.2, 0) is 62.1 Å². The highest BCUT2D eigenvalue weighted by Gasteiger charge is 2.27. The predicted octanol–water partition coefficient (Wildman–Crippen LogP) is 6.61. The standard InChI is InChI=1S/C54H42N12O15/c67-43(73-26-37-24-71-37)13-10-40-55-46(61-76-40)28-4-1-7-31(16-28)49-58-52(79-64-49)34-19-35(53-59-50(65-80-53)32-8-2-5-29(17-32)47-56-41(77-62-47)11-14-44(68)74-27-38-25-72-38)21-36(20-34)54-60-51(66-81-54)33-9-3-6-30(18-33)48-57-42(78-63-48)12-15-45(69)75-39-22-70-23-39/h1-9,16-21,37-39H,10-15,22-27H2. The Kier molecular flexibility index (Phi) is 14.0. The topological polar surface area (TPSA) is 347 Å². The van der Waals surface area contributed by atoms with E-state index in [4.69, 9.17) is 70.5 Å². The van der Waals surface area contributed by atoms with Gasteiger partial charge in [-0.2, -0.15) is 29.9 Å². The van der Waals surface area contributed by atoms with Crippen LogP contribution in [0.5, 0.6) is 0 Å². The fourth-order valence-corrected chi connectivity index (χ4v) is 8.18. The van der Waals surface area contributed by atoms with Gasteiger partial charge in [0.05, 0.1) is 45.7 Å². The van der Waals surface area contributed by atoms with Crippen LogP contribution in [0.2, 0.25) is 0 Å². The van der Waals surface area contributed by atoms with Crippen molar-refractivity contribution in [2.75, 3.05) is 39.6 Å². The Morgan fingerprint density at radius 2 is 0.704 bits per heavy atom. The van der Waals surface area contributed by atoms with Gasteiger partial charge in [0, 0.05) is 69.3 Å². The Labute approximate surface area is 455 Å². The molecule has 3 aliphatic rings. The van der Waals surface area contributed by atoms with Crippen LogP contribution < -0.4 is 0 Å². The molecular formula is C54H42N12O15. The minimum atomic E-state index is -0.386. The van der Waals surface area contributed by atoms with Crippen LogP contribution in [0.3, 0.4) is 0 Å². The summed E-state index contributed by atoms with van der Waals surface area (Å²) in [5, 5.41) is 25.3. The lowest BCUT2D eigenvalue weighted by atomic mass is 10.0. The lowest BCUT2D eigenvalue weighted by Crippen LogP contribution is -2.37. The molecule has 0 bridgehead atoms. The maximum atomic E-state index is 12.3. The summed E-state index contributed by atoms with van der Waals surface area (Å²) in [5.74, 6) is 1.67. The van der Waals surface area contributed by atoms with Gasteiger partial charge in [-0.05, 0) is 36.4 Å². The number of esters is 3. The number of carbonyl (C=O) groups is 3. The monoisotopic (exact) mass is 1100 g/mol. The first kappa shape index (κ1) is 50.5. The Morgan fingerprint density at radius 1 is 0.395 bits per heavy atom. The quantitative estimate of drug-likeness (QED) is 0.0369. The number of hydrogen-bond acceptors (Lipinski definition) is 27. The number of aromatic nitrogens is 12. The van der Waals surface area contributed by atoms with Crippen molar-refractivity contribution < 1.29 is 69.9 Å². The van der Waals surface area contributed by atoms with Gasteiger partial charge >= 0.3 is 17.9 Å². The normalized spacial score (nSPS) is 15.6. The number of ether oxygens (including phenoxy) is 6. The molecule has 4 aromatic carbocycles. The maximum Gasteiger partial charge on any atom is 0.306 e. The second-order valence-corrected chi connectivity index (χ2v) is 18.8. The minimum Gasteiger partial charge on any atom is -0.463 e. The van der Waals surface area contributed by atoms with Crippen LogP contribution >= 0.6 is 0 Å². The molecule has 2 unspecified atom stereocenters. The van der Waals surface area contributed by atoms with E-state index >= 15 is 0 Å². The van der Waals surface area contributed by atoms with E-state index in [1.807, 2.05) is 0 Å². The molecule has 0 spiro atoms. The van der Waals surface area contributed by atoms with E-state index in [9.17, 15) is 14.4 Å². The van der Waals surface area contributed by atoms with Gasteiger partial charge in [0.15, 0.2) is 0 Å². The van der Waals surface area contributed by atoms with E-state index in [2.05, 4.69) is 45.9 Å². The molecule has 2 atom stereocenters. The number of nitrogens with zero attached hydrogens (tertiary/aromatic N) is 12. The van der Waals surface area contributed by atoms with Gasteiger partial charge in [0.25, 0.3) is 17.7 Å². The highest BCUT2D eigenvalue weighted by atomic mass is 16.6. The number of rotatable bonds is 23. The van der Waals surface area contributed by atoms with E-state index in [0.717, 1.165) is 0 Å². The number of hydrogen-bond donors (Lipinski definition) is 0. The minimum absolute atomic E-state index is 0.0299. The molecule has 0 N–H and O–H groups in total. The van der Waals surface area contributed by atoms with Gasteiger partial charge in [0.2, 0.25) is 52.6 Å². The third-order valence-electron chi connectivity index (χ3n) is 12.7. The largest absolute Gasteiger partial charge is 0.463 e. The zero-order valence-electron chi connectivity index (χ0n) is 42.4. The van der Waals surface area contributed by atoms with E-state index in [0.29, 0.717) is 94.0 Å². The fraction of sp³-hybridized carbons (Fsp3) is 0.278. The lowest BCUT2D eigenvalue weighted by molar-refractivity contribution is -0.172. The molecule has 408 valence electrons. The molecule has 0 aliphatic carbocycles. The van der Waals surface area contributed by atoms with Gasteiger partial charge in [0.1, 0.15) is 31.5 Å². The summed E-state index contributed by atoms with van der Waals surface area (Å²) >= 11 is 0. The Bertz CT molecular complexity index is 3730. The lowest BCUT2D eigenvalue weighted by Gasteiger charge is -2.25. The Morgan fingerprint density at radius 3 is 1.02 bits per heavy atom. The summed E-state index contributed by atoms with van der Waals surface area (Å²) in [6.07, 6.45) is 0.539. The Hall–Kier alpha value is -9.99. The number of benzene rings is 4. The van der Waals surface area contributed by atoms with Crippen LogP contribution in [0.25, 0.3) is 103 Å². The van der Waals surface area contributed by atoms with Crippen molar-refractivity contribution in [2.45, 2.75) is 56.8 Å².